The van der Waals surface area contributed by atoms with Gasteiger partial charge in [-0.2, -0.15) is 0 Å². The molecule has 1 aliphatic heterocycles. The number of aliphatic hydroxyl groups excluding tert-OH is 1. The molecule has 2 N–H and O–H groups in total. The van der Waals surface area contributed by atoms with Gasteiger partial charge in [0.05, 0.1) is 18.6 Å². The van der Waals surface area contributed by atoms with E-state index in [0.29, 0.717) is 12.8 Å². The molecule has 1 heterocycles. The Hall–Kier alpha value is -1.84. The van der Waals surface area contributed by atoms with Crippen LogP contribution in [-0.4, -0.2) is 48.3 Å². The van der Waals surface area contributed by atoms with Crippen molar-refractivity contribution >= 4 is 12.3 Å². The fraction of sp³-hybridized carbons (Fsp3) is 0.500. The molecule has 0 aromatic heterocycles. The molecule has 0 aromatic carbocycles. The van der Waals surface area contributed by atoms with Crippen LogP contribution in [0, 0.1) is 18.3 Å². The lowest BCUT2D eigenvalue weighted by Crippen LogP contribution is -2.34. The maximum absolute atomic E-state index is 11.1. The number of terminal acetylenes is 1. The maximum Gasteiger partial charge on any atom is 0.245 e. The summed E-state index contributed by atoms with van der Waals surface area (Å²) in [6, 6.07) is 0. The Balaban J connectivity index is 2.75. The molecule has 1 fully saturated rings. The minimum absolute atomic E-state index is 0.152. The Bertz CT molecular complexity index is 375. The standard InChI is InChI=1S/C12H16N2O4/c1-3-9-6-10(7-15)18-12(9)14(8-16)5-4-11(17)13-2/h1,4-5,8-10,12,15H,6-7H2,2H3,(H,13,17)/b5-4-. The third-order valence-electron chi connectivity index (χ3n) is 2.67. The van der Waals surface area contributed by atoms with E-state index in [1.165, 1.54) is 24.2 Å². The molecule has 3 unspecified atom stereocenters. The molecule has 3 atom stereocenters. The Morgan fingerprint density at radius 3 is 2.94 bits per heavy atom. The van der Waals surface area contributed by atoms with E-state index in [0.717, 1.165) is 0 Å². The first kappa shape index (κ1) is 14.2. The minimum atomic E-state index is -0.648. The number of carbonyl (C=O) groups is 2. The average molecular weight is 252 g/mol. The normalized spacial score (nSPS) is 26.8. The van der Waals surface area contributed by atoms with Gasteiger partial charge in [0, 0.05) is 19.3 Å². The van der Waals surface area contributed by atoms with Crippen molar-refractivity contribution < 1.29 is 19.4 Å². The molecule has 0 bridgehead atoms. The largest absolute Gasteiger partial charge is 0.394 e. The molecule has 98 valence electrons. The van der Waals surface area contributed by atoms with Crippen LogP contribution in [0.2, 0.25) is 0 Å². The summed E-state index contributed by atoms with van der Waals surface area (Å²) in [5.74, 6) is 1.88. The zero-order valence-corrected chi connectivity index (χ0v) is 10.1. The number of aliphatic hydroxyl groups is 1. The summed E-state index contributed by atoms with van der Waals surface area (Å²) in [5, 5.41) is 11.4. The van der Waals surface area contributed by atoms with Gasteiger partial charge in [0.15, 0.2) is 0 Å². The van der Waals surface area contributed by atoms with Gasteiger partial charge < -0.3 is 15.2 Å². The van der Waals surface area contributed by atoms with Gasteiger partial charge in [-0.15, -0.1) is 6.42 Å². The van der Waals surface area contributed by atoms with Crippen molar-refractivity contribution in [3.8, 4) is 12.3 Å². The van der Waals surface area contributed by atoms with Crippen LogP contribution in [0.25, 0.3) is 0 Å². The van der Waals surface area contributed by atoms with Crippen molar-refractivity contribution in [3.63, 3.8) is 0 Å². The van der Waals surface area contributed by atoms with Crippen molar-refractivity contribution in [1.29, 1.82) is 0 Å². The monoisotopic (exact) mass is 252 g/mol. The predicted molar refractivity (Wildman–Crippen MR) is 63.8 cm³/mol. The molecule has 1 saturated heterocycles. The topological polar surface area (TPSA) is 78.9 Å². The van der Waals surface area contributed by atoms with E-state index in [9.17, 15) is 9.59 Å². The molecule has 6 nitrogen and oxygen atoms in total. The number of nitrogens with zero attached hydrogens (tertiary/aromatic N) is 1. The number of ether oxygens (including phenoxy) is 1. The van der Waals surface area contributed by atoms with Crippen LogP contribution in [-0.2, 0) is 14.3 Å². The lowest BCUT2D eigenvalue weighted by atomic mass is 10.0. The predicted octanol–water partition coefficient (Wildman–Crippen LogP) is -0.939. The molecule has 2 amide bonds. The van der Waals surface area contributed by atoms with Gasteiger partial charge in [0.1, 0.15) is 6.23 Å². The highest BCUT2D eigenvalue weighted by Crippen LogP contribution is 2.27. The second-order valence-corrected chi connectivity index (χ2v) is 3.82. The first-order chi connectivity index (χ1) is 8.65. The zero-order chi connectivity index (χ0) is 13.5. The fourth-order valence-corrected chi connectivity index (χ4v) is 1.71. The molecule has 0 aromatic rings. The van der Waals surface area contributed by atoms with Gasteiger partial charge in [-0.1, -0.05) is 5.92 Å². The number of rotatable bonds is 5. The highest BCUT2D eigenvalue weighted by molar-refractivity contribution is 5.87. The molecule has 0 radical (unpaired) electrons. The summed E-state index contributed by atoms with van der Waals surface area (Å²) in [5.41, 5.74) is 0. The Labute approximate surface area is 106 Å². The number of carbonyl (C=O) groups excluding carboxylic acids is 2. The Kier molecular flexibility index (Phi) is 5.36. The van der Waals surface area contributed by atoms with Crippen molar-refractivity contribution in [2.75, 3.05) is 13.7 Å². The Morgan fingerprint density at radius 1 is 1.72 bits per heavy atom. The molecule has 0 aliphatic carbocycles. The highest BCUT2D eigenvalue weighted by atomic mass is 16.5. The van der Waals surface area contributed by atoms with Gasteiger partial charge >= 0.3 is 0 Å². The fourth-order valence-electron chi connectivity index (χ4n) is 1.71. The van der Waals surface area contributed by atoms with E-state index in [2.05, 4.69) is 11.2 Å². The van der Waals surface area contributed by atoms with E-state index in [4.69, 9.17) is 16.3 Å². The average Bonchev–Trinajstić information content (AvgIpc) is 2.82. The first-order valence-corrected chi connectivity index (χ1v) is 5.51. The summed E-state index contributed by atoms with van der Waals surface area (Å²) in [6.45, 7) is -0.152. The van der Waals surface area contributed by atoms with E-state index >= 15 is 0 Å². The number of amides is 2. The summed E-state index contributed by atoms with van der Waals surface area (Å²) in [4.78, 5) is 23.2. The molecule has 0 spiro atoms. The van der Waals surface area contributed by atoms with Gasteiger partial charge in [-0.05, 0) is 6.42 Å². The van der Waals surface area contributed by atoms with E-state index in [-0.39, 0.29) is 24.5 Å². The third kappa shape index (κ3) is 3.32. The van der Waals surface area contributed by atoms with Crippen LogP contribution >= 0.6 is 0 Å². The zero-order valence-electron chi connectivity index (χ0n) is 10.1. The second kappa shape index (κ2) is 6.79. The summed E-state index contributed by atoms with van der Waals surface area (Å²) in [7, 11) is 1.48. The smallest absolute Gasteiger partial charge is 0.245 e. The molecule has 1 rings (SSSR count). The number of hydrogen-bond donors (Lipinski definition) is 2. The molecular formula is C12H16N2O4. The minimum Gasteiger partial charge on any atom is -0.394 e. The van der Waals surface area contributed by atoms with Gasteiger partial charge in [0.25, 0.3) is 0 Å². The van der Waals surface area contributed by atoms with Gasteiger partial charge in [0.2, 0.25) is 12.3 Å². The SMILES string of the molecule is C#CC1CC(CO)OC1N(C=O)/C=C\C(=O)NC. The van der Waals surface area contributed by atoms with E-state index < -0.39 is 6.23 Å². The summed E-state index contributed by atoms with van der Waals surface area (Å²) < 4.78 is 5.45. The van der Waals surface area contributed by atoms with E-state index in [1.807, 2.05) is 0 Å². The highest BCUT2D eigenvalue weighted by Gasteiger charge is 2.36. The van der Waals surface area contributed by atoms with Gasteiger partial charge in [-0.25, -0.2) is 0 Å². The summed E-state index contributed by atoms with van der Waals surface area (Å²) >= 11 is 0. The lowest BCUT2D eigenvalue weighted by Gasteiger charge is -2.23. The van der Waals surface area contributed by atoms with E-state index in [1.54, 1.807) is 0 Å². The second-order valence-electron chi connectivity index (χ2n) is 3.82. The molecule has 0 saturated carbocycles. The van der Waals surface area contributed by atoms with Crippen LogP contribution in [0.15, 0.2) is 12.3 Å². The number of likely N-dealkylation sites (N-methyl/N-ethyl adjacent to an activating group) is 1. The van der Waals surface area contributed by atoms with Crippen LogP contribution < -0.4 is 5.32 Å². The maximum atomic E-state index is 11.1. The molecule has 18 heavy (non-hydrogen) atoms. The molecule has 1 aliphatic rings. The van der Waals surface area contributed by atoms with Crippen molar-refractivity contribution in [2.24, 2.45) is 5.92 Å². The molecular weight excluding hydrogens is 236 g/mol. The number of hydrogen-bond acceptors (Lipinski definition) is 4. The van der Waals surface area contributed by atoms with Crippen LogP contribution in [0.1, 0.15) is 6.42 Å². The van der Waals surface area contributed by atoms with Crippen molar-refractivity contribution in [1.82, 2.24) is 10.2 Å². The van der Waals surface area contributed by atoms with Crippen molar-refractivity contribution in [2.45, 2.75) is 18.8 Å². The van der Waals surface area contributed by atoms with Gasteiger partial charge in [-0.3, -0.25) is 14.5 Å². The van der Waals surface area contributed by atoms with Crippen LogP contribution in [0.3, 0.4) is 0 Å². The van der Waals surface area contributed by atoms with Crippen LogP contribution in [0.4, 0.5) is 0 Å². The van der Waals surface area contributed by atoms with Crippen molar-refractivity contribution in [3.05, 3.63) is 12.3 Å². The Morgan fingerprint density at radius 2 is 2.44 bits per heavy atom. The van der Waals surface area contributed by atoms with Crippen LogP contribution in [0.5, 0.6) is 0 Å². The summed E-state index contributed by atoms with van der Waals surface area (Å²) in [6.07, 6.45) is 7.86. The first-order valence-electron chi connectivity index (χ1n) is 5.51. The quantitative estimate of drug-likeness (QED) is 0.376. The number of nitrogens with one attached hydrogen (secondary N) is 1. The molecule has 6 heteroatoms. The lowest BCUT2D eigenvalue weighted by molar-refractivity contribution is -0.128. The third-order valence-corrected chi connectivity index (χ3v) is 2.67.